The van der Waals surface area contributed by atoms with Gasteiger partial charge in [-0.05, 0) is 26.3 Å². The Hall–Kier alpha value is -0.650. The zero-order valence-corrected chi connectivity index (χ0v) is 13.9. The van der Waals surface area contributed by atoms with Crippen molar-refractivity contribution in [3.63, 3.8) is 0 Å². The number of nitrogens with two attached hydrogens (primary N) is 1. The number of hydrogen-bond donors (Lipinski definition) is 2. The maximum Gasteiger partial charge on any atom is 0.0963 e. The minimum Gasteiger partial charge on any atom is -0.387 e. The normalized spacial score (nSPS) is 13.7. The van der Waals surface area contributed by atoms with Crippen LogP contribution in [-0.4, -0.2) is 57.3 Å². The molecule has 0 rings (SSSR count). The van der Waals surface area contributed by atoms with E-state index in [4.69, 9.17) is 20.6 Å². The van der Waals surface area contributed by atoms with Gasteiger partial charge in [0.1, 0.15) is 0 Å². The topological polar surface area (TPSA) is 71.6 Å². The largest absolute Gasteiger partial charge is 0.387 e. The molecule has 0 amide bonds. The lowest BCUT2D eigenvalue weighted by Gasteiger charge is -2.29. The molecule has 20 heavy (non-hydrogen) atoms. The standard InChI is InChI=1S/C15H33N3O2/c1-13(12-20-5)18(10-11-19-4)9-7-6-8-15(2,3)14(16)17/h13H,6-12H2,1-5H3,(H3,16,17). The number of unbranched alkanes of at least 4 members (excludes halogenated alkanes) is 1. The Kier molecular flexibility index (Phi) is 9.80. The van der Waals surface area contributed by atoms with Crippen molar-refractivity contribution in [3.05, 3.63) is 0 Å². The molecule has 0 aliphatic heterocycles. The molecule has 0 saturated carbocycles. The summed E-state index contributed by atoms with van der Waals surface area (Å²) in [6.45, 7) is 9.68. The van der Waals surface area contributed by atoms with Crippen LogP contribution in [0.5, 0.6) is 0 Å². The number of nitrogens with one attached hydrogen (secondary N) is 1. The molecule has 0 fully saturated rings. The van der Waals surface area contributed by atoms with Crippen LogP contribution in [0, 0.1) is 10.8 Å². The summed E-state index contributed by atoms with van der Waals surface area (Å²) >= 11 is 0. The zero-order chi connectivity index (χ0) is 15.6. The van der Waals surface area contributed by atoms with Gasteiger partial charge >= 0.3 is 0 Å². The molecule has 0 radical (unpaired) electrons. The summed E-state index contributed by atoms with van der Waals surface area (Å²) in [6.07, 6.45) is 3.14. The highest BCUT2D eigenvalue weighted by molar-refractivity contribution is 5.82. The third-order valence-electron chi connectivity index (χ3n) is 3.84. The van der Waals surface area contributed by atoms with Crippen molar-refractivity contribution in [1.29, 1.82) is 5.41 Å². The molecule has 0 aliphatic rings. The molecule has 0 aromatic heterocycles. The Morgan fingerprint density at radius 1 is 1.20 bits per heavy atom. The minimum atomic E-state index is -0.185. The summed E-state index contributed by atoms with van der Waals surface area (Å²) in [4.78, 5) is 2.40. The Labute approximate surface area is 124 Å². The van der Waals surface area contributed by atoms with Crippen LogP contribution in [-0.2, 0) is 9.47 Å². The van der Waals surface area contributed by atoms with E-state index in [9.17, 15) is 0 Å². The third-order valence-corrected chi connectivity index (χ3v) is 3.84. The van der Waals surface area contributed by atoms with Gasteiger partial charge in [0.15, 0.2) is 0 Å². The van der Waals surface area contributed by atoms with Crippen LogP contribution >= 0.6 is 0 Å². The highest BCUT2D eigenvalue weighted by Crippen LogP contribution is 2.22. The fraction of sp³-hybridized carbons (Fsp3) is 0.933. The molecule has 0 bridgehead atoms. The molecule has 5 heteroatoms. The van der Waals surface area contributed by atoms with Crippen molar-refractivity contribution in [3.8, 4) is 0 Å². The van der Waals surface area contributed by atoms with Crippen LogP contribution in [0.4, 0.5) is 0 Å². The van der Waals surface area contributed by atoms with Crippen molar-refractivity contribution in [2.45, 2.75) is 46.1 Å². The van der Waals surface area contributed by atoms with Gasteiger partial charge in [-0.2, -0.15) is 0 Å². The summed E-state index contributed by atoms with van der Waals surface area (Å²) in [6, 6.07) is 0.399. The fourth-order valence-electron chi connectivity index (χ4n) is 2.12. The number of methoxy groups -OCH3 is 2. The SMILES string of the molecule is COCCN(CCCCC(C)(C)C(=N)N)C(C)COC. The van der Waals surface area contributed by atoms with E-state index in [-0.39, 0.29) is 11.3 Å². The Bertz CT molecular complexity index is 270. The molecular weight excluding hydrogens is 254 g/mol. The summed E-state index contributed by atoms with van der Waals surface area (Å²) in [5, 5.41) is 7.57. The van der Waals surface area contributed by atoms with Gasteiger partial charge in [0.05, 0.1) is 19.0 Å². The predicted octanol–water partition coefficient (Wildman–Crippen LogP) is 2.10. The van der Waals surface area contributed by atoms with Gasteiger partial charge in [0.2, 0.25) is 0 Å². The van der Waals surface area contributed by atoms with E-state index in [1.165, 1.54) is 0 Å². The quantitative estimate of drug-likeness (QED) is 0.327. The van der Waals surface area contributed by atoms with E-state index >= 15 is 0 Å². The second kappa shape index (κ2) is 10.1. The lowest BCUT2D eigenvalue weighted by Crippen LogP contribution is -2.39. The molecule has 0 saturated heterocycles. The van der Waals surface area contributed by atoms with Gasteiger partial charge < -0.3 is 15.2 Å². The first-order valence-corrected chi connectivity index (χ1v) is 7.41. The lowest BCUT2D eigenvalue weighted by atomic mass is 9.86. The Morgan fingerprint density at radius 3 is 2.35 bits per heavy atom. The molecule has 5 nitrogen and oxygen atoms in total. The monoisotopic (exact) mass is 287 g/mol. The van der Waals surface area contributed by atoms with Crippen molar-refractivity contribution >= 4 is 5.84 Å². The second-order valence-corrected chi connectivity index (χ2v) is 6.09. The highest BCUT2D eigenvalue weighted by atomic mass is 16.5. The van der Waals surface area contributed by atoms with Crippen molar-refractivity contribution in [1.82, 2.24) is 4.90 Å². The molecule has 0 heterocycles. The maximum absolute atomic E-state index is 7.57. The molecule has 0 aromatic carbocycles. The van der Waals surface area contributed by atoms with Crippen LogP contribution in [0.25, 0.3) is 0 Å². The van der Waals surface area contributed by atoms with Crippen LogP contribution in [0.1, 0.15) is 40.0 Å². The first-order valence-electron chi connectivity index (χ1n) is 7.41. The van der Waals surface area contributed by atoms with E-state index in [1.807, 2.05) is 13.8 Å². The van der Waals surface area contributed by atoms with E-state index in [2.05, 4.69) is 11.8 Å². The number of hydrogen-bond acceptors (Lipinski definition) is 4. The highest BCUT2D eigenvalue weighted by Gasteiger charge is 2.21. The first-order chi connectivity index (χ1) is 9.35. The zero-order valence-electron chi connectivity index (χ0n) is 13.9. The van der Waals surface area contributed by atoms with Crippen molar-refractivity contribution in [2.24, 2.45) is 11.1 Å². The van der Waals surface area contributed by atoms with Crippen LogP contribution in [0.15, 0.2) is 0 Å². The summed E-state index contributed by atoms with van der Waals surface area (Å²) in [5.74, 6) is 0.279. The fourth-order valence-corrected chi connectivity index (χ4v) is 2.12. The number of ether oxygens (including phenoxy) is 2. The van der Waals surface area contributed by atoms with Gasteiger partial charge in [-0.15, -0.1) is 0 Å². The minimum absolute atomic E-state index is 0.185. The third kappa shape index (κ3) is 7.82. The molecule has 1 unspecified atom stereocenters. The van der Waals surface area contributed by atoms with E-state index < -0.39 is 0 Å². The van der Waals surface area contributed by atoms with Crippen LogP contribution < -0.4 is 5.73 Å². The van der Waals surface area contributed by atoms with E-state index in [0.717, 1.165) is 45.6 Å². The van der Waals surface area contributed by atoms with Gasteiger partial charge in [-0.3, -0.25) is 10.3 Å². The maximum atomic E-state index is 7.57. The summed E-state index contributed by atoms with van der Waals surface area (Å²) < 4.78 is 10.4. The van der Waals surface area contributed by atoms with Crippen molar-refractivity contribution in [2.75, 3.05) is 40.5 Å². The molecule has 1 atom stereocenters. The molecule has 3 N–H and O–H groups in total. The molecule has 120 valence electrons. The van der Waals surface area contributed by atoms with Crippen LogP contribution in [0.3, 0.4) is 0 Å². The summed E-state index contributed by atoms with van der Waals surface area (Å²) in [5.41, 5.74) is 5.42. The number of rotatable bonds is 12. The summed E-state index contributed by atoms with van der Waals surface area (Å²) in [7, 11) is 3.47. The number of nitrogens with zero attached hydrogens (tertiary/aromatic N) is 1. The predicted molar refractivity (Wildman–Crippen MR) is 84.3 cm³/mol. The average Bonchev–Trinajstić information content (AvgIpc) is 2.37. The van der Waals surface area contributed by atoms with Gasteiger partial charge in [-0.1, -0.05) is 20.3 Å². The van der Waals surface area contributed by atoms with Gasteiger partial charge in [-0.25, -0.2) is 0 Å². The van der Waals surface area contributed by atoms with Crippen molar-refractivity contribution < 1.29 is 9.47 Å². The van der Waals surface area contributed by atoms with Gasteiger partial charge in [0.25, 0.3) is 0 Å². The molecular formula is C15H33N3O2. The molecule has 0 aromatic rings. The lowest BCUT2D eigenvalue weighted by molar-refractivity contribution is 0.0736. The van der Waals surface area contributed by atoms with E-state index in [0.29, 0.717) is 6.04 Å². The van der Waals surface area contributed by atoms with Gasteiger partial charge in [0, 0.05) is 32.2 Å². The average molecular weight is 287 g/mol. The molecule has 0 spiro atoms. The number of amidine groups is 1. The Morgan fingerprint density at radius 2 is 1.85 bits per heavy atom. The Balaban J connectivity index is 4.09. The van der Waals surface area contributed by atoms with E-state index in [1.54, 1.807) is 14.2 Å². The first kappa shape index (κ1) is 19.4. The second-order valence-electron chi connectivity index (χ2n) is 6.09. The smallest absolute Gasteiger partial charge is 0.0963 e. The molecule has 0 aliphatic carbocycles. The van der Waals surface area contributed by atoms with Crippen LogP contribution in [0.2, 0.25) is 0 Å².